The zero-order valence-corrected chi connectivity index (χ0v) is 9.10. The van der Waals surface area contributed by atoms with Crippen molar-refractivity contribution in [1.82, 2.24) is 5.32 Å². The van der Waals surface area contributed by atoms with Crippen LogP contribution in [0.5, 0.6) is 0 Å². The fourth-order valence-electron chi connectivity index (χ4n) is 2.47. The summed E-state index contributed by atoms with van der Waals surface area (Å²) in [6.45, 7) is 6.00. The van der Waals surface area contributed by atoms with Crippen LogP contribution in [0.15, 0.2) is 0 Å². The molecule has 1 N–H and O–H groups in total. The van der Waals surface area contributed by atoms with Gasteiger partial charge >= 0.3 is 0 Å². The number of nitrogens with one attached hydrogen (secondary N) is 1. The van der Waals surface area contributed by atoms with Crippen molar-refractivity contribution in [2.45, 2.75) is 58.4 Å². The van der Waals surface area contributed by atoms with E-state index in [1.54, 1.807) is 0 Å². The molecule has 0 aromatic rings. The van der Waals surface area contributed by atoms with Crippen LogP contribution in [0, 0.1) is 11.3 Å². The van der Waals surface area contributed by atoms with Gasteiger partial charge in [0, 0.05) is 12.6 Å². The van der Waals surface area contributed by atoms with Gasteiger partial charge in [-0.2, -0.15) is 0 Å². The average molecular weight is 181 g/mol. The molecule has 0 atom stereocenters. The van der Waals surface area contributed by atoms with Gasteiger partial charge in [-0.1, -0.05) is 20.3 Å². The van der Waals surface area contributed by atoms with Crippen LogP contribution in [0.2, 0.25) is 0 Å². The van der Waals surface area contributed by atoms with Crippen LogP contribution in [0.25, 0.3) is 0 Å². The Morgan fingerprint density at radius 1 is 1.31 bits per heavy atom. The first-order valence-corrected chi connectivity index (χ1v) is 5.94. The predicted molar refractivity (Wildman–Crippen MR) is 56.8 cm³/mol. The molecule has 0 aromatic carbocycles. The summed E-state index contributed by atoms with van der Waals surface area (Å²) in [5.41, 5.74) is 0.726. The molecule has 2 fully saturated rings. The highest BCUT2D eigenvalue weighted by atomic mass is 14.9. The lowest BCUT2D eigenvalue weighted by atomic mass is 9.90. The van der Waals surface area contributed by atoms with Gasteiger partial charge in [0.05, 0.1) is 0 Å². The summed E-state index contributed by atoms with van der Waals surface area (Å²) in [5.74, 6) is 0.880. The van der Waals surface area contributed by atoms with Crippen molar-refractivity contribution in [1.29, 1.82) is 0 Å². The number of hydrogen-bond donors (Lipinski definition) is 1. The van der Waals surface area contributed by atoms with E-state index in [9.17, 15) is 0 Å². The standard InChI is InChI=1S/C12H23N/c1-10(2)8-12(6-7-12)9-13-11-4-3-5-11/h10-11,13H,3-9H2,1-2H3. The van der Waals surface area contributed by atoms with Crippen LogP contribution in [-0.4, -0.2) is 12.6 Å². The SMILES string of the molecule is CC(C)CC1(CNC2CCC2)CC1. The van der Waals surface area contributed by atoms with E-state index < -0.39 is 0 Å². The van der Waals surface area contributed by atoms with Crippen molar-refractivity contribution in [2.75, 3.05) is 6.54 Å². The second kappa shape index (κ2) is 3.61. The molecular formula is C12H23N. The summed E-state index contributed by atoms with van der Waals surface area (Å²) in [6, 6.07) is 0.879. The Hall–Kier alpha value is -0.0400. The van der Waals surface area contributed by atoms with Crippen LogP contribution in [0.4, 0.5) is 0 Å². The van der Waals surface area contributed by atoms with E-state index in [1.807, 2.05) is 0 Å². The molecule has 0 aromatic heterocycles. The third-order valence-corrected chi connectivity index (χ3v) is 3.67. The quantitative estimate of drug-likeness (QED) is 0.687. The molecule has 2 aliphatic rings. The molecule has 0 bridgehead atoms. The van der Waals surface area contributed by atoms with Gasteiger partial charge in [0.15, 0.2) is 0 Å². The second-order valence-corrected chi connectivity index (χ2v) is 5.61. The lowest BCUT2D eigenvalue weighted by Gasteiger charge is -2.29. The fourth-order valence-corrected chi connectivity index (χ4v) is 2.47. The molecule has 2 aliphatic carbocycles. The van der Waals surface area contributed by atoms with Gasteiger partial charge < -0.3 is 5.32 Å². The summed E-state index contributed by atoms with van der Waals surface area (Å²) < 4.78 is 0. The summed E-state index contributed by atoms with van der Waals surface area (Å²) in [6.07, 6.45) is 8.70. The lowest BCUT2D eigenvalue weighted by molar-refractivity contribution is 0.287. The minimum absolute atomic E-state index is 0.726. The van der Waals surface area contributed by atoms with Gasteiger partial charge in [-0.3, -0.25) is 0 Å². The summed E-state index contributed by atoms with van der Waals surface area (Å²) in [5, 5.41) is 3.73. The van der Waals surface area contributed by atoms with Gasteiger partial charge in [0.1, 0.15) is 0 Å². The highest BCUT2D eigenvalue weighted by Gasteiger charge is 2.42. The third-order valence-electron chi connectivity index (χ3n) is 3.67. The topological polar surface area (TPSA) is 12.0 Å². The van der Waals surface area contributed by atoms with Gasteiger partial charge in [0.25, 0.3) is 0 Å². The molecule has 0 unspecified atom stereocenters. The second-order valence-electron chi connectivity index (χ2n) is 5.61. The smallest absolute Gasteiger partial charge is 0.00673 e. The molecule has 13 heavy (non-hydrogen) atoms. The zero-order valence-electron chi connectivity index (χ0n) is 9.10. The van der Waals surface area contributed by atoms with E-state index >= 15 is 0 Å². The normalized spacial score (nSPS) is 26.1. The summed E-state index contributed by atoms with van der Waals surface area (Å²) in [4.78, 5) is 0. The van der Waals surface area contributed by atoms with Crippen molar-refractivity contribution in [2.24, 2.45) is 11.3 Å². The Bertz CT molecular complexity index is 166. The molecule has 0 saturated heterocycles. The van der Waals surface area contributed by atoms with E-state index in [2.05, 4.69) is 19.2 Å². The van der Waals surface area contributed by atoms with Gasteiger partial charge in [-0.05, 0) is 43.4 Å². The van der Waals surface area contributed by atoms with Gasteiger partial charge in [-0.25, -0.2) is 0 Å². The highest BCUT2D eigenvalue weighted by molar-refractivity contribution is 4.96. The third kappa shape index (κ3) is 2.46. The van der Waals surface area contributed by atoms with Crippen molar-refractivity contribution >= 4 is 0 Å². The zero-order chi connectivity index (χ0) is 9.31. The molecule has 1 heteroatoms. The Morgan fingerprint density at radius 3 is 2.38 bits per heavy atom. The van der Waals surface area contributed by atoms with Crippen LogP contribution in [-0.2, 0) is 0 Å². The van der Waals surface area contributed by atoms with Crippen LogP contribution in [0.1, 0.15) is 52.4 Å². The van der Waals surface area contributed by atoms with E-state index in [1.165, 1.54) is 45.1 Å². The van der Waals surface area contributed by atoms with Crippen LogP contribution in [0.3, 0.4) is 0 Å². The minimum atomic E-state index is 0.726. The minimum Gasteiger partial charge on any atom is -0.313 e. The highest BCUT2D eigenvalue weighted by Crippen LogP contribution is 2.50. The maximum Gasteiger partial charge on any atom is 0.00673 e. The maximum absolute atomic E-state index is 3.73. The van der Waals surface area contributed by atoms with Crippen molar-refractivity contribution < 1.29 is 0 Å². The number of rotatable bonds is 5. The Morgan fingerprint density at radius 2 is 2.00 bits per heavy atom. The molecule has 0 spiro atoms. The Labute approximate surface area is 82.3 Å². The largest absolute Gasteiger partial charge is 0.313 e. The monoisotopic (exact) mass is 181 g/mol. The van der Waals surface area contributed by atoms with Gasteiger partial charge in [-0.15, -0.1) is 0 Å². The van der Waals surface area contributed by atoms with Crippen molar-refractivity contribution in [3.05, 3.63) is 0 Å². The number of hydrogen-bond acceptors (Lipinski definition) is 1. The molecular weight excluding hydrogens is 158 g/mol. The fraction of sp³-hybridized carbons (Fsp3) is 1.00. The average Bonchev–Trinajstić information content (AvgIpc) is 2.64. The van der Waals surface area contributed by atoms with Crippen LogP contribution >= 0.6 is 0 Å². The van der Waals surface area contributed by atoms with E-state index in [-0.39, 0.29) is 0 Å². The molecule has 0 amide bonds. The molecule has 0 heterocycles. The summed E-state index contributed by atoms with van der Waals surface area (Å²) >= 11 is 0. The predicted octanol–water partition coefficient (Wildman–Crippen LogP) is 2.95. The van der Waals surface area contributed by atoms with E-state index in [4.69, 9.17) is 0 Å². The summed E-state index contributed by atoms with van der Waals surface area (Å²) in [7, 11) is 0. The first-order chi connectivity index (χ1) is 6.20. The Kier molecular flexibility index (Phi) is 2.64. The molecule has 1 nitrogen and oxygen atoms in total. The molecule has 76 valence electrons. The van der Waals surface area contributed by atoms with Crippen molar-refractivity contribution in [3.8, 4) is 0 Å². The van der Waals surface area contributed by atoms with Crippen LogP contribution < -0.4 is 5.32 Å². The van der Waals surface area contributed by atoms with Crippen molar-refractivity contribution in [3.63, 3.8) is 0 Å². The van der Waals surface area contributed by atoms with Gasteiger partial charge in [0.2, 0.25) is 0 Å². The van der Waals surface area contributed by atoms with E-state index in [0.717, 1.165) is 17.4 Å². The molecule has 0 radical (unpaired) electrons. The van der Waals surface area contributed by atoms with E-state index in [0.29, 0.717) is 0 Å². The lowest BCUT2D eigenvalue weighted by Crippen LogP contribution is -2.39. The molecule has 2 saturated carbocycles. The molecule has 0 aliphatic heterocycles. The molecule has 2 rings (SSSR count). The Balaban J connectivity index is 1.67. The maximum atomic E-state index is 3.73. The first-order valence-electron chi connectivity index (χ1n) is 5.94. The first kappa shape index (κ1) is 9.51.